The van der Waals surface area contributed by atoms with Crippen LogP contribution < -0.4 is 11.5 Å². The second-order valence-electron chi connectivity index (χ2n) is 7.32. The van der Waals surface area contributed by atoms with Gasteiger partial charge in [-0.15, -0.1) is 22.0 Å². The van der Waals surface area contributed by atoms with Gasteiger partial charge in [-0.25, -0.2) is 4.79 Å². The monoisotopic (exact) mass is 497 g/mol. The van der Waals surface area contributed by atoms with E-state index in [0.717, 1.165) is 11.1 Å². The largest absolute Gasteiger partial charge is 0.448 e. The molecular formula is C22H19N5O3S3. The van der Waals surface area contributed by atoms with Gasteiger partial charge in [0.15, 0.2) is 10.4 Å². The smallest absolute Gasteiger partial charge is 0.356 e. The highest BCUT2D eigenvalue weighted by Gasteiger charge is 2.52. The van der Waals surface area contributed by atoms with Crippen LogP contribution in [0.3, 0.4) is 0 Å². The van der Waals surface area contributed by atoms with Gasteiger partial charge >= 0.3 is 5.97 Å². The van der Waals surface area contributed by atoms with E-state index in [-0.39, 0.29) is 17.0 Å². The number of hydrogen-bond acceptors (Lipinski definition) is 10. The van der Waals surface area contributed by atoms with Gasteiger partial charge in [-0.1, -0.05) is 83.8 Å². The molecule has 2 aliphatic rings. The maximum absolute atomic E-state index is 13.6. The molecule has 3 aromatic rings. The van der Waals surface area contributed by atoms with Crippen molar-refractivity contribution in [3.8, 4) is 0 Å². The molecule has 2 aliphatic heterocycles. The Morgan fingerprint density at radius 2 is 1.73 bits per heavy atom. The summed E-state index contributed by atoms with van der Waals surface area (Å²) in [4.78, 5) is 28.3. The minimum Gasteiger partial charge on any atom is -0.448 e. The number of aromatic nitrogens is 2. The highest BCUT2D eigenvalue weighted by atomic mass is 32.2. The quantitative estimate of drug-likeness (QED) is 0.390. The van der Waals surface area contributed by atoms with E-state index in [1.54, 1.807) is 0 Å². The second kappa shape index (κ2) is 9.18. The van der Waals surface area contributed by atoms with Crippen LogP contribution in [0.2, 0.25) is 0 Å². The number of thioether (sulfide) groups is 2. The highest BCUT2D eigenvalue weighted by molar-refractivity contribution is 8.07. The van der Waals surface area contributed by atoms with E-state index in [2.05, 4.69) is 10.2 Å². The molecule has 0 aliphatic carbocycles. The zero-order chi connectivity index (χ0) is 22.9. The lowest BCUT2D eigenvalue weighted by molar-refractivity contribution is -0.152. The number of hydrogen-bond donors (Lipinski definition) is 2. The van der Waals surface area contributed by atoms with Gasteiger partial charge in [0.1, 0.15) is 17.1 Å². The Balaban J connectivity index is 1.51. The molecule has 0 spiro atoms. The number of nitrogen functional groups attached to an aromatic ring is 1. The number of nitrogens with two attached hydrogens (primary N) is 2. The van der Waals surface area contributed by atoms with Crippen LogP contribution in [-0.2, 0) is 14.3 Å². The van der Waals surface area contributed by atoms with Crippen LogP contribution in [0.4, 0.5) is 5.13 Å². The van der Waals surface area contributed by atoms with Crippen molar-refractivity contribution < 1.29 is 14.3 Å². The van der Waals surface area contributed by atoms with Gasteiger partial charge in [0.25, 0.3) is 0 Å². The average molecular weight is 498 g/mol. The number of benzene rings is 2. The number of nitrogens with zero attached hydrogens (tertiary/aromatic N) is 3. The van der Waals surface area contributed by atoms with Crippen molar-refractivity contribution in [2.75, 3.05) is 11.5 Å². The summed E-state index contributed by atoms with van der Waals surface area (Å²) in [6.07, 6.45) is -0.631. The van der Waals surface area contributed by atoms with Crippen molar-refractivity contribution in [2.24, 2.45) is 5.73 Å². The molecule has 1 aromatic heterocycles. The lowest BCUT2D eigenvalue weighted by Gasteiger charge is -2.48. The number of ether oxygens (including phenoxy) is 1. The third kappa shape index (κ3) is 4.24. The maximum Gasteiger partial charge on any atom is 0.356 e. The zero-order valence-electron chi connectivity index (χ0n) is 17.2. The fourth-order valence-electron chi connectivity index (χ4n) is 3.67. The predicted octanol–water partition coefficient (Wildman–Crippen LogP) is 3.00. The number of anilines is 1. The second-order valence-corrected chi connectivity index (χ2v) is 10.8. The maximum atomic E-state index is 13.6. The first kappa shape index (κ1) is 22.0. The van der Waals surface area contributed by atoms with E-state index >= 15 is 0 Å². The molecule has 2 aromatic carbocycles. The number of fused-ring (bicyclic) bond motifs is 1. The summed E-state index contributed by atoms with van der Waals surface area (Å²) in [5, 5.41) is 7.91. The van der Waals surface area contributed by atoms with Gasteiger partial charge in [0, 0.05) is 10.7 Å². The van der Waals surface area contributed by atoms with Gasteiger partial charge in [0.05, 0.1) is 0 Å². The number of carbonyl (C=O) groups excluding carboxylic acids is 2. The molecule has 168 valence electrons. The Morgan fingerprint density at radius 1 is 1.09 bits per heavy atom. The van der Waals surface area contributed by atoms with Crippen LogP contribution in [0.1, 0.15) is 17.2 Å². The minimum atomic E-state index is -0.638. The topological polar surface area (TPSA) is 124 Å². The van der Waals surface area contributed by atoms with Gasteiger partial charge in [-0.05, 0) is 11.1 Å². The molecule has 5 rings (SSSR count). The third-order valence-corrected chi connectivity index (χ3v) is 8.60. The molecule has 8 nitrogen and oxygen atoms in total. The van der Waals surface area contributed by atoms with Crippen molar-refractivity contribution in [3.63, 3.8) is 0 Å². The van der Waals surface area contributed by atoms with Crippen molar-refractivity contribution in [1.29, 1.82) is 0 Å². The van der Waals surface area contributed by atoms with Crippen molar-refractivity contribution in [3.05, 3.63) is 82.4 Å². The Labute approximate surface area is 202 Å². The van der Waals surface area contributed by atoms with Crippen molar-refractivity contribution in [1.82, 2.24) is 15.1 Å². The SMILES string of the molecule is Nc1nnc(SC2=C(C(=O)OC(c3ccccc3)c3ccccc3)N3C(=O)[C@@H](N)[C@H]3SC2)s1. The fourth-order valence-corrected chi connectivity index (χ4v) is 6.89. The number of rotatable bonds is 6. The Bertz CT molecular complexity index is 1180. The van der Waals surface area contributed by atoms with Crippen molar-refractivity contribution >= 4 is 51.9 Å². The summed E-state index contributed by atoms with van der Waals surface area (Å²) < 4.78 is 6.65. The summed E-state index contributed by atoms with van der Waals surface area (Å²) in [5.74, 6) is -0.388. The molecule has 1 saturated heterocycles. The summed E-state index contributed by atoms with van der Waals surface area (Å²) in [6, 6.07) is 18.4. The van der Waals surface area contributed by atoms with Gasteiger partial charge in [0.2, 0.25) is 11.0 Å². The standard InChI is InChI=1S/C22H19N5O3S3/c23-15-18(28)27-16(14(11-31-19(15)27)32-22-26-25-21(24)33-22)20(29)30-17(12-7-3-1-4-8-12)13-9-5-2-6-10-13/h1-10,15,17,19H,11,23H2,(H2,24,25)/t15-,19-/m1/s1. The number of β-lactam (4-membered cyclic amide) rings is 1. The van der Waals surface area contributed by atoms with E-state index in [4.69, 9.17) is 16.2 Å². The lowest BCUT2D eigenvalue weighted by atomic mass is 10.0. The molecule has 33 heavy (non-hydrogen) atoms. The first-order valence-corrected chi connectivity index (χ1v) is 12.7. The van der Waals surface area contributed by atoms with E-state index in [9.17, 15) is 9.59 Å². The molecule has 4 N–H and O–H groups in total. The summed E-state index contributed by atoms with van der Waals surface area (Å²) in [7, 11) is 0. The zero-order valence-corrected chi connectivity index (χ0v) is 19.6. The summed E-state index contributed by atoms with van der Waals surface area (Å²) >= 11 is 4.00. The average Bonchev–Trinajstić information content (AvgIpc) is 3.27. The van der Waals surface area contributed by atoms with E-state index in [0.29, 0.717) is 20.1 Å². The molecule has 0 radical (unpaired) electrons. The van der Waals surface area contributed by atoms with Crippen LogP contribution in [-0.4, -0.2) is 44.1 Å². The molecular weight excluding hydrogens is 478 g/mol. The van der Waals surface area contributed by atoms with E-state index < -0.39 is 18.1 Å². The van der Waals surface area contributed by atoms with Gasteiger partial charge < -0.3 is 16.2 Å². The van der Waals surface area contributed by atoms with Crippen LogP contribution in [0.25, 0.3) is 0 Å². The Kier molecular flexibility index (Phi) is 6.11. The molecule has 0 unspecified atom stereocenters. The summed E-state index contributed by atoms with van der Waals surface area (Å²) in [5.41, 5.74) is 13.6. The number of esters is 1. The fraction of sp³-hybridized carbons (Fsp3) is 0.182. The first-order chi connectivity index (χ1) is 16.0. The Hall–Kier alpha value is -2.86. The molecule has 0 saturated carbocycles. The molecule has 1 fully saturated rings. The third-order valence-electron chi connectivity index (χ3n) is 5.23. The first-order valence-electron chi connectivity index (χ1n) is 10.0. The molecule has 3 heterocycles. The lowest BCUT2D eigenvalue weighted by Crippen LogP contribution is -2.68. The molecule has 0 bridgehead atoms. The Morgan fingerprint density at radius 3 is 2.30 bits per heavy atom. The normalized spacial score (nSPS) is 19.9. The molecule has 11 heteroatoms. The molecule has 2 atom stereocenters. The summed E-state index contributed by atoms with van der Waals surface area (Å²) in [6.45, 7) is 0. The van der Waals surface area contributed by atoms with Gasteiger partial charge in [-0.3, -0.25) is 9.69 Å². The van der Waals surface area contributed by atoms with Gasteiger partial charge in [-0.2, -0.15) is 0 Å². The minimum absolute atomic E-state index is 0.209. The molecule has 1 amide bonds. The van der Waals surface area contributed by atoms with Crippen LogP contribution in [0.15, 0.2) is 75.6 Å². The number of amides is 1. The van der Waals surface area contributed by atoms with Crippen molar-refractivity contribution in [2.45, 2.75) is 21.9 Å². The van der Waals surface area contributed by atoms with Crippen LogP contribution in [0, 0.1) is 0 Å². The van der Waals surface area contributed by atoms with E-state index in [1.807, 2.05) is 60.7 Å². The highest BCUT2D eigenvalue weighted by Crippen LogP contribution is 2.46. The van der Waals surface area contributed by atoms with E-state index in [1.165, 1.54) is 39.8 Å². The van der Waals surface area contributed by atoms with Crippen LogP contribution in [0.5, 0.6) is 0 Å². The number of carbonyl (C=O) groups is 2. The predicted molar refractivity (Wildman–Crippen MR) is 129 cm³/mol. The van der Waals surface area contributed by atoms with Crippen LogP contribution >= 0.6 is 34.9 Å².